The summed E-state index contributed by atoms with van der Waals surface area (Å²) in [5, 5.41) is 11.8. The molecule has 0 radical (unpaired) electrons. The number of aromatic nitrogens is 1. The first-order valence-electron chi connectivity index (χ1n) is 7.30. The van der Waals surface area contributed by atoms with Crippen LogP contribution in [0.25, 0.3) is 0 Å². The van der Waals surface area contributed by atoms with Gasteiger partial charge in [0.05, 0.1) is 5.41 Å². The zero-order valence-corrected chi connectivity index (χ0v) is 13.3. The number of pyridine rings is 1. The second-order valence-electron chi connectivity index (χ2n) is 5.26. The number of amides is 1. The quantitative estimate of drug-likeness (QED) is 0.754. The Balaban J connectivity index is 2.76. The standard InChI is InChI=1S/C15H19F3N2O4/c1-3-14(4-2,13(22)23)8-20-12(21)10-5-6-19-11(7-10)24-9-15(16,17)18/h5-7H,3-4,8-9H2,1-2H3,(H,20,21)(H,22,23). The zero-order chi connectivity index (χ0) is 18.4. The first kappa shape index (κ1) is 19.7. The molecule has 1 aromatic heterocycles. The van der Waals surface area contributed by atoms with Crippen LogP contribution in [-0.4, -0.2) is 41.3 Å². The number of hydrogen-bond donors (Lipinski definition) is 2. The first-order valence-corrected chi connectivity index (χ1v) is 7.30. The van der Waals surface area contributed by atoms with Crippen molar-refractivity contribution < 1.29 is 32.6 Å². The summed E-state index contributed by atoms with van der Waals surface area (Å²) >= 11 is 0. The molecule has 1 aromatic rings. The summed E-state index contributed by atoms with van der Waals surface area (Å²) < 4.78 is 40.8. The predicted molar refractivity (Wildman–Crippen MR) is 78.8 cm³/mol. The molecule has 9 heteroatoms. The first-order chi connectivity index (χ1) is 11.1. The molecule has 134 valence electrons. The van der Waals surface area contributed by atoms with E-state index < -0.39 is 30.1 Å². The number of carboxylic acid groups (broad SMARTS) is 1. The summed E-state index contributed by atoms with van der Waals surface area (Å²) in [4.78, 5) is 27.1. The Labute approximate surface area is 137 Å². The fraction of sp³-hybridized carbons (Fsp3) is 0.533. The van der Waals surface area contributed by atoms with E-state index in [1.54, 1.807) is 13.8 Å². The van der Waals surface area contributed by atoms with Gasteiger partial charge in [-0.15, -0.1) is 0 Å². The molecular weight excluding hydrogens is 329 g/mol. The van der Waals surface area contributed by atoms with Crippen LogP contribution >= 0.6 is 0 Å². The number of rotatable bonds is 8. The number of ether oxygens (including phenoxy) is 1. The van der Waals surface area contributed by atoms with Crippen LogP contribution in [0.2, 0.25) is 0 Å². The molecule has 0 aliphatic rings. The molecule has 24 heavy (non-hydrogen) atoms. The highest BCUT2D eigenvalue weighted by Crippen LogP contribution is 2.26. The van der Waals surface area contributed by atoms with Crippen molar-refractivity contribution in [1.29, 1.82) is 0 Å². The fourth-order valence-electron chi connectivity index (χ4n) is 2.01. The van der Waals surface area contributed by atoms with Crippen molar-refractivity contribution >= 4 is 11.9 Å². The minimum Gasteiger partial charge on any atom is -0.481 e. The average Bonchev–Trinajstić information content (AvgIpc) is 2.53. The van der Waals surface area contributed by atoms with Crippen LogP contribution in [0, 0.1) is 5.41 Å². The zero-order valence-electron chi connectivity index (χ0n) is 13.3. The third kappa shape index (κ3) is 5.39. The van der Waals surface area contributed by atoms with Crippen molar-refractivity contribution in [2.45, 2.75) is 32.9 Å². The number of aliphatic carboxylic acids is 1. The van der Waals surface area contributed by atoms with Gasteiger partial charge in [-0.1, -0.05) is 13.8 Å². The number of carbonyl (C=O) groups is 2. The summed E-state index contributed by atoms with van der Waals surface area (Å²) in [6.45, 7) is 1.81. The summed E-state index contributed by atoms with van der Waals surface area (Å²) in [7, 11) is 0. The summed E-state index contributed by atoms with van der Waals surface area (Å²) in [5.74, 6) is -1.96. The van der Waals surface area contributed by atoms with Crippen molar-refractivity contribution in [3.63, 3.8) is 0 Å². The Hall–Kier alpha value is -2.32. The Kier molecular flexibility index (Phi) is 6.56. The van der Waals surface area contributed by atoms with Gasteiger partial charge in [0.25, 0.3) is 5.91 Å². The number of nitrogens with one attached hydrogen (secondary N) is 1. The van der Waals surface area contributed by atoms with Crippen LogP contribution in [0.1, 0.15) is 37.0 Å². The van der Waals surface area contributed by atoms with Crippen LogP contribution in [0.3, 0.4) is 0 Å². The van der Waals surface area contributed by atoms with E-state index in [1.165, 1.54) is 6.07 Å². The summed E-state index contributed by atoms with van der Waals surface area (Å²) in [5.41, 5.74) is -1.05. The van der Waals surface area contributed by atoms with E-state index in [-0.39, 0.29) is 18.0 Å². The largest absolute Gasteiger partial charge is 0.481 e. The minimum atomic E-state index is -4.51. The van der Waals surface area contributed by atoms with Crippen molar-refractivity contribution in [2.75, 3.05) is 13.2 Å². The number of halogens is 3. The highest BCUT2D eigenvalue weighted by atomic mass is 19.4. The van der Waals surface area contributed by atoms with E-state index in [0.717, 1.165) is 12.3 Å². The van der Waals surface area contributed by atoms with E-state index in [4.69, 9.17) is 0 Å². The average molecular weight is 348 g/mol. The van der Waals surface area contributed by atoms with E-state index in [2.05, 4.69) is 15.0 Å². The molecule has 0 atom stereocenters. The maximum Gasteiger partial charge on any atom is 0.422 e. The van der Waals surface area contributed by atoms with E-state index in [1.807, 2.05) is 0 Å². The number of hydrogen-bond acceptors (Lipinski definition) is 4. The maximum atomic E-state index is 12.1. The monoisotopic (exact) mass is 348 g/mol. The molecule has 0 spiro atoms. The lowest BCUT2D eigenvalue weighted by molar-refractivity contribution is -0.154. The van der Waals surface area contributed by atoms with Gasteiger partial charge in [-0.25, -0.2) is 4.98 Å². The van der Waals surface area contributed by atoms with Crippen LogP contribution < -0.4 is 10.1 Å². The molecule has 1 amide bonds. The van der Waals surface area contributed by atoms with Gasteiger partial charge in [0.1, 0.15) is 0 Å². The number of carbonyl (C=O) groups excluding carboxylic acids is 1. The van der Waals surface area contributed by atoms with E-state index in [9.17, 15) is 27.9 Å². The number of alkyl halides is 3. The lowest BCUT2D eigenvalue weighted by atomic mass is 9.82. The molecule has 0 aromatic carbocycles. The number of carboxylic acids is 1. The third-order valence-electron chi connectivity index (χ3n) is 3.78. The van der Waals surface area contributed by atoms with Gasteiger partial charge in [0, 0.05) is 24.4 Å². The Morgan fingerprint density at radius 3 is 2.42 bits per heavy atom. The molecule has 0 aliphatic carbocycles. The highest BCUT2D eigenvalue weighted by Gasteiger charge is 2.35. The van der Waals surface area contributed by atoms with Crippen molar-refractivity contribution in [1.82, 2.24) is 10.3 Å². The lowest BCUT2D eigenvalue weighted by Gasteiger charge is -2.26. The molecule has 0 unspecified atom stereocenters. The lowest BCUT2D eigenvalue weighted by Crippen LogP contribution is -2.42. The van der Waals surface area contributed by atoms with Crippen LogP contribution in [0.15, 0.2) is 18.3 Å². The molecule has 0 bridgehead atoms. The SMILES string of the molecule is CCC(CC)(CNC(=O)c1ccnc(OCC(F)(F)F)c1)C(=O)O. The Morgan fingerprint density at radius 1 is 1.29 bits per heavy atom. The van der Waals surface area contributed by atoms with Crippen molar-refractivity contribution in [3.8, 4) is 5.88 Å². The van der Waals surface area contributed by atoms with Gasteiger partial charge in [-0.3, -0.25) is 9.59 Å². The summed E-state index contributed by atoms with van der Waals surface area (Å²) in [6, 6.07) is 2.37. The molecule has 0 saturated heterocycles. The van der Waals surface area contributed by atoms with Crippen molar-refractivity contribution in [3.05, 3.63) is 23.9 Å². The molecule has 0 aliphatic heterocycles. The molecule has 0 saturated carbocycles. The number of nitrogens with zero attached hydrogens (tertiary/aromatic N) is 1. The van der Waals surface area contributed by atoms with Gasteiger partial charge in [-0.2, -0.15) is 13.2 Å². The highest BCUT2D eigenvalue weighted by molar-refractivity contribution is 5.94. The van der Waals surface area contributed by atoms with E-state index >= 15 is 0 Å². The van der Waals surface area contributed by atoms with Gasteiger partial charge in [0.2, 0.25) is 5.88 Å². The smallest absolute Gasteiger partial charge is 0.422 e. The van der Waals surface area contributed by atoms with E-state index in [0.29, 0.717) is 12.8 Å². The van der Waals surface area contributed by atoms with Gasteiger partial charge in [0.15, 0.2) is 6.61 Å². The van der Waals surface area contributed by atoms with Gasteiger partial charge >= 0.3 is 12.1 Å². The second-order valence-corrected chi connectivity index (χ2v) is 5.26. The minimum absolute atomic E-state index is 0.0358. The molecule has 6 nitrogen and oxygen atoms in total. The van der Waals surface area contributed by atoms with Crippen molar-refractivity contribution in [2.24, 2.45) is 5.41 Å². The molecular formula is C15H19F3N2O4. The van der Waals surface area contributed by atoms with Gasteiger partial charge in [-0.05, 0) is 18.9 Å². The molecule has 1 rings (SSSR count). The molecule has 1 heterocycles. The van der Waals surface area contributed by atoms with Gasteiger partial charge < -0.3 is 15.2 Å². The Bertz CT molecular complexity index is 586. The van der Waals surface area contributed by atoms with Crippen LogP contribution in [-0.2, 0) is 4.79 Å². The predicted octanol–water partition coefficient (Wildman–Crippen LogP) is 2.64. The summed E-state index contributed by atoms with van der Waals surface area (Å²) in [6.07, 6.45) is -2.71. The maximum absolute atomic E-state index is 12.1. The normalized spacial score (nSPS) is 11.9. The topological polar surface area (TPSA) is 88.5 Å². The molecule has 0 fully saturated rings. The third-order valence-corrected chi connectivity index (χ3v) is 3.78. The van der Waals surface area contributed by atoms with Crippen LogP contribution in [0.4, 0.5) is 13.2 Å². The Morgan fingerprint density at radius 2 is 1.92 bits per heavy atom. The molecule has 2 N–H and O–H groups in total. The van der Waals surface area contributed by atoms with Crippen LogP contribution in [0.5, 0.6) is 5.88 Å². The second kappa shape index (κ2) is 7.98. The fourth-order valence-corrected chi connectivity index (χ4v) is 2.01.